The maximum absolute atomic E-state index is 10.7. The highest BCUT2D eigenvalue weighted by Gasteiger charge is 2.20. The molecule has 2 N–H and O–H groups in total. The van der Waals surface area contributed by atoms with Crippen molar-refractivity contribution in [2.24, 2.45) is 11.1 Å². The number of sulfonamides is 1. The van der Waals surface area contributed by atoms with E-state index in [-0.39, 0.29) is 5.75 Å². The van der Waals surface area contributed by atoms with Crippen LogP contribution in [0.5, 0.6) is 0 Å². The van der Waals surface area contributed by atoms with Crippen LogP contribution in [-0.2, 0) is 14.8 Å². The van der Waals surface area contributed by atoms with Crippen LogP contribution in [-0.4, -0.2) is 26.9 Å². The highest BCUT2D eigenvalue weighted by Crippen LogP contribution is 2.28. The normalized spacial score (nSPS) is 25.2. The highest BCUT2D eigenvalue weighted by molar-refractivity contribution is 7.89. The fraction of sp³-hybridized carbons (Fsp3) is 1.00. The van der Waals surface area contributed by atoms with Crippen molar-refractivity contribution in [2.75, 3.05) is 12.4 Å². The molecule has 0 aliphatic heterocycles. The quantitative estimate of drug-likeness (QED) is 0.693. The Kier molecular flexibility index (Phi) is 7.19. The zero-order chi connectivity index (χ0) is 13.4. The lowest BCUT2D eigenvalue weighted by Crippen LogP contribution is -2.23. The van der Waals surface area contributed by atoms with Gasteiger partial charge in [-0.2, -0.15) is 0 Å². The second-order valence-corrected chi connectivity index (χ2v) is 7.10. The van der Waals surface area contributed by atoms with Gasteiger partial charge in [-0.1, -0.05) is 32.6 Å². The molecule has 2 atom stereocenters. The Bertz CT molecular complexity index is 316. The molecular formula is C13H27NO3S. The van der Waals surface area contributed by atoms with Gasteiger partial charge in [0.25, 0.3) is 0 Å². The summed E-state index contributed by atoms with van der Waals surface area (Å²) in [5.41, 5.74) is 0. The van der Waals surface area contributed by atoms with Gasteiger partial charge in [0.15, 0.2) is 0 Å². The first-order valence-electron chi connectivity index (χ1n) is 7.13. The number of unbranched alkanes of at least 4 members (excludes halogenated alkanes) is 2. The van der Waals surface area contributed by atoms with Crippen LogP contribution in [0.2, 0.25) is 0 Å². The number of hydrogen-bond acceptors (Lipinski definition) is 3. The van der Waals surface area contributed by atoms with Crippen LogP contribution in [0.4, 0.5) is 0 Å². The molecule has 0 amide bonds. The number of ether oxygens (including phenoxy) is 1. The Balaban J connectivity index is 2.00. The largest absolute Gasteiger partial charge is 0.378 e. The summed E-state index contributed by atoms with van der Waals surface area (Å²) in [6, 6.07) is 0. The van der Waals surface area contributed by atoms with Crippen molar-refractivity contribution >= 4 is 10.0 Å². The van der Waals surface area contributed by atoms with Crippen molar-refractivity contribution in [3.05, 3.63) is 0 Å². The van der Waals surface area contributed by atoms with Crippen molar-refractivity contribution in [1.82, 2.24) is 0 Å². The molecule has 0 aromatic rings. The number of rotatable bonds is 8. The van der Waals surface area contributed by atoms with Gasteiger partial charge in [0, 0.05) is 6.61 Å². The third-order valence-electron chi connectivity index (χ3n) is 3.74. The molecule has 18 heavy (non-hydrogen) atoms. The van der Waals surface area contributed by atoms with Crippen molar-refractivity contribution in [1.29, 1.82) is 0 Å². The number of primary sulfonamides is 1. The summed E-state index contributed by atoms with van der Waals surface area (Å²) < 4.78 is 27.3. The van der Waals surface area contributed by atoms with Gasteiger partial charge in [-0.15, -0.1) is 0 Å². The molecule has 1 rings (SSSR count). The lowest BCUT2D eigenvalue weighted by atomic mass is 9.85. The van der Waals surface area contributed by atoms with Crippen LogP contribution in [0.25, 0.3) is 0 Å². The molecule has 0 radical (unpaired) electrons. The monoisotopic (exact) mass is 277 g/mol. The summed E-state index contributed by atoms with van der Waals surface area (Å²) in [5, 5.41) is 4.94. The van der Waals surface area contributed by atoms with Crippen molar-refractivity contribution in [3.63, 3.8) is 0 Å². The molecule has 1 fully saturated rings. The van der Waals surface area contributed by atoms with Gasteiger partial charge in [0.2, 0.25) is 10.0 Å². The van der Waals surface area contributed by atoms with Gasteiger partial charge in [-0.3, -0.25) is 0 Å². The van der Waals surface area contributed by atoms with Gasteiger partial charge in [-0.05, 0) is 31.6 Å². The van der Waals surface area contributed by atoms with E-state index in [9.17, 15) is 8.42 Å². The standard InChI is InChI=1S/C13H27NO3S/c1-2-12-7-6-8-13(11-12)17-9-4-3-5-10-18(14,15)16/h12-13H,2-11H2,1H3,(H2,14,15,16). The Morgan fingerprint density at radius 1 is 1.22 bits per heavy atom. The van der Waals surface area contributed by atoms with Gasteiger partial charge >= 0.3 is 0 Å². The molecule has 4 nitrogen and oxygen atoms in total. The van der Waals surface area contributed by atoms with Crippen LogP contribution in [0, 0.1) is 5.92 Å². The molecule has 1 aliphatic carbocycles. The second kappa shape index (κ2) is 8.12. The van der Waals surface area contributed by atoms with Gasteiger partial charge in [0.1, 0.15) is 0 Å². The summed E-state index contributed by atoms with van der Waals surface area (Å²) >= 11 is 0. The van der Waals surface area contributed by atoms with Crippen LogP contribution >= 0.6 is 0 Å². The smallest absolute Gasteiger partial charge is 0.209 e. The zero-order valence-corrected chi connectivity index (χ0v) is 12.3. The summed E-state index contributed by atoms with van der Waals surface area (Å²) in [6.45, 7) is 3.01. The maximum atomic E-state index is 10.7. The number of nitrogens with two attached hydrogens (primary N) is 1. The Hall–Kier alpha value is -0.130. The molecule has 0 heterocycles. The second-order valence-electron chi connectivity index (χ2n) is 5.36. The summed E-state index contributed by atoms with van der Waals surface area (Å²) in [7, 11) is -3.28. The van der Waals surface area contributed by atoms with E-state index in [0.29, 0.717) is 12.5 Å². The average molecular weight is 277 g/mol. The summed E-state index contributed by atoms with van der Waals surface area (Å²) in [6.07, 6.45) is 9.17. The van der Waals surface area contributed by atoms with E-state index in [0.717, 1.165) is 25.4 Å². The van der Waals surface area contributed by atoms with E-state index in [1.54, 1.807) is 0 Å². The van der Waals surface area contributed by atoms with Gasteiger partial charge in [0.05, 0.1) is 11.9 Å². The van der Waals surface area contributed by atoms with E-state index in [1.807, 2.05) is 0 Å². The molecule has 2 unspecified atom stereocenters. The summed E-state index contributed by atoms with van der Waals surface area (Å²) in [4.78, 5) is 0. The minimum Gasteiger partial charge on any atom is -0.378 e. The molecule has 5 heteroatoms. The minimum atomic E-state index is -3.28. The first kappa shape index (κ1) is 15.9. The summed E-state index contributed by atoms with van der Waals surface area (Å²) in [5.74, 6) is 0.931. The molecule has 1 aliphatic rings. The fourth-order valence-electron chi connectivity index (χ4n) is 2.60. The first-order chi connectivity index (χ1) is 8.51. The van der Waals surface area contributed by atoms with Gasteiger partial charge in [-0.25, -0.2) is 13.6 Å². The van der Waals surface area contributed by atoms with E-state index < -0.39 is 10.0 Å². The van der Waals surface area contributed by atoms with Crippen LogP contribution < -0.4 is 5.14 Å². The molecular weight excluding hydrogens is 250 g/mol. The van der Waals surface area contributed by atoms with Crippen LogP contribution in [0.1, 0.15) is 58.3 Å². The SMILES string of the molecule is CCC1CCCC(OCCCCCS(N)(=O)=O)C1. The Labute approximate surface area is 111 Å². The Morgan fingerprint density at radius 2 is 2.00 bits per heavy atom. The third-order valence-corrected chi connectivity index (χ3v) is 4.60. The Morgan fingerprint density at radius 3 is 2.67 bits per heavy atom. The third kappa shape index (κ3) is 7.34. The predicted octanol–water partition coefficient (Wildman–Crippen LogP) is 2.43. The zero-order valence-electron chi connectivity index (χ0n) is 11.4. The topological polar surface area (TPSA) is 69.4 Å². The van der Waals surface area contributed by atoms with Crippen molar-refractivity contribution in [2.45, 2.75) is 64.4 Å². The molecule has 0 bridgehead atoms. The molecule has 1 saturated carbocycles. The number of hydrogen-bond donors (Lipinski definition) is 1. The maximum Gasteiger partial charge on any atom is 0.209 e. The molecule has 0 aromatic heterocycles. The lowest BCUT2D eigenvalue weighted by Gasteiger charge is -2.28. The van der Waals surface area contributed by atoms with Crippen molar-refractivity contribution < 1.29 is 13.2 Å². The van der Waals surface area contributed by atoms with E-state index in [2.05, 4.69) is 6.92 Å². The van der Waals surface area contributed by atoms with Crippen molar-refractivity contribution in [3.8, 4) is 0 Å². The van der Waals surface area contributed by atoms with Gasteiger partial charge < -0.3 is 4.74 Å². The van der Waals surface area contributed by atoms with E-state index in [1.165, 1.54) is 32.1 Å². The highest BCUT2D eigenvalue weighted by atomic mass is 32.2. The molecule has 0 saturated heterocycles. The minimum absolute atomic E-state index is 0.0916. The van der Waals surface area contributed by atoms with Crippen LogP contribution in [0.15, 0.2) is 0 Å². The van der Waals surface area contributed by atoms with E-state index in [4.69, 9.17) is 9.88 Å². The fourth-order valence-corrected chi connectivity index (χ4v) is 3.20. The first-order valence-corrected chi connectivity index (χ1v) is 8.85. The lowest BCUT2D eigenvalue weighted by molar-refractivity contribution is 0.0108. The van der Waals surface area contributed by atoms with E-state index >= 15 is 0 Å². The predicted molar refractivity (Wildman–Crippen MR) is 73.8 cm³/mol. The molecule has 0 spiro atoms. The molecule has 108 valence electrons. The average Bonchev–Trinajstić information content (AvgIpc) is 2.32. The van der Waals surface area contributed by atoms with Crippen LogP contribution in [0.3, 0.4) is 0 Å². The molecule has 0 aromatic carbocycles.